The Hall–Kier alpha value is -4.79. The number of aromatic amines is 1. The number of carbonyl (C=O) groups is 2. The highest BCUT2D eigenvalue weighted by Gasteiger charge is 2.48. The first-order valence-electron chi connectivity index (χ1n) is 11.6. The van der Waals surface area contributed by atoms with Gasteiger partial charge in [-0.05, 0) is 54.1 Å². The second-order valence-corrected chi connectivity index (χ2v) is 8.83. The molecule has 188 valence electrons. The number of fused-ring (bicyclic) bond motifs is 1. The highest BCUT2D eigenvalue weighted by atomic mass is 16.5. The van der Waals surface area contributed by atoms with Crippen LogP contribution in [-0.4, -0.2) is 55.1 Å². The van der Waals surface area contributed by atoms with Crippen LogP contribution in [0, 0.1) is 0 Å². The van der Waals surface area contributed by atoms with Crippen LogP contribution in [0.3, 0.4) is 0 Å². The summed E-state index contributed by atoms with van der Waals surface area (Å²) in [5.41, 5.74) is 3.22. The number of ether oxygens (including phenoxy) is 2. The molecule has 37 heavy (non-hydrogen) atoms. The molecule has 1 unspecified atom stereocenters. The number of methoxy groups -OCH3 is 2. The molecule has 3 aromatic carbocycles. The summed E-state index contributed by atoms with van der Waals surface area (Å²) in [7, 11) is 6.95. The van der Waals surface area contributed by atoms with Gasteiger partial charge in [0.1, 0.15) is 17.3 Å². The minimum absolute atomic E-state index is 0.0224. The quantitative estimate of drug-likeness (QED) is 0.232. The van der Waals surface area contributed by atoms with Crippen molar-refractivity contribution in [2.24, 2.45) is 0 Å². The lowest BCUT2D eigenvalue weighted by Gasteiger charge is -2.23. The van der Waals surface area contributed by atoms with Crippen molar-refractivity contribution in [3.63, 3.8) is 0 Å². The first-order chi connectivity index (χ1) is 17.8. The Labute approximate surface area is 213 Å². The van der Waals surface area contributed by atoms with E-state index < -0.39 is 17.7 Å². The number of nitrogens with zero attached hydrogens (tertiary/aromatic N) is 3. The number of ketones is 1. The molecule has 1 aromatic heterocycles. The van der Waals surface area contributed by atoms with Crippen LogP contribution in [0.1, 0.15) is 17.2 Å². The predicted octanol–water partition coefficient (Wildman–Crippen LogP) is 4.27. The predicted molar refractivity (Wildman–Crippen MR) is 141 cm³/mol. The Morgan fingerprint density at radius 3 is 2.22 bits per heavy atom. The number of carbonyl (C=O) groups excluding carboxylic acids is 2. The number of aliphatic hydroxyl groups is 1. The summed E-state index contributed by atoms with van der Waals surface area (Å²) >= 11 is 0. The molecule has 1 aliphatic heterocycles. The maximum Gasteiger partial charge on any atom is 0.302 e. The summed E-state index contributed by atoms with van der Waals surface area (Å²) in [6.07, 6.45) is 0. The van der Waals surface area contributed by atoms with Crippen molar-refractivity contribution >= 4 is 40.1 Å². The smallest absolute Gasteiger partial charge is 0.302 e. The molecular weight excluding hydrogens is 472 g/mol. The van der Waals surface area contributed by atoms with Crippen molar-refractivity contribution in [1.82, 2.24) is 9.97 Å². The van der Waals surface area contributed by atoms with Gasteiger partial charge in [0.25, 0.3) is 5.78 Å². The Morgan fingerprint density at radius 1 is 0.946 bits per heavy atom. The molecule has 2 N–H and O–H groups in total. The molecule has 0 spiro atoms. The molecule has 9 nitrogen and oxygen atoms in total. The maximum atomic E-state index is 13.4. The minimum atomic E-state index is -0.902. The minimum Gasteiger partial charge on any atom is -0.507 e. The van der Waals surface area contributed by atoms with Crippen LogP contribution in [0.25, 0.3) is 16.8 Å². The van der Waals surface area contributed by atoms with E-state index in [-0.39, 0.29) is 17.3 Å². The monoisotopic (exact) mass is 498 g/mol. The number of aliphatic hydroxyl groups excluding tert-OH is 1. The third-order valence-corrected chi connectivity index (χ3v) is 6.44. The molecule has 1 saturated heterocycles. The van der Waals surface area contributed by atoms with Crippen LogP contribution in [0.5, 0.6) is 11.5 Å². The Morgan fingerprint density at radius 2 is 1.59 bits per heavy atom. The zero-order valence-corrected chi connectivity index (χ0v) is 20.9. The number of hydrogen-bond acceptors (Lipinski definition) is 7. The molecule has 2 heterocycles. The van der Waals surface area contributed by atoms with E-state index >= 15 is 0 Å². The number of amides is 1. The molecule has 1 aliphatic rings. The van der Waals surface area contributed by atoms with Crippen LogP contribution in [0.2, 0.25) is 0 Å². The second-order valence-electron chi connectivity index (χ2n) is 8.83. The number of rotatable bonds is 6. The molecule has 1 amide bonds. The fourth-order valence-electron chi connectivity index (χ4n) is 4.44. The number of Topliss-reactive ketones (excluding diaryl/α,β-unsaturated/α-hetero) is 1. The van der Waals surface area contributed by atoms with E-state index in [9.17, 15) is 14.7 Å². The summed E-state index contributed by atoms with van der Waals surface area (Å²) in [6, 6.07) is 18.5. The van der Waals surface area contributed by atoms with Crippen LogP contribution < -0.4 is 19.3 Å². The third kappa shape index (κ3) is 4.14. The summed E-state index contributed by atoms with van der Waals surface area (Å²) in [4.78, 5) is 37.8. The summed E-state index contributed by atoms with van der Waals surface area (Å²) < 4.78 is 10.5. The normalized spacial score (nSPS) is 16.9. The molecule has 5 rings (SSSR count). The van der Waals surface area contributed by atoms with Gasteiger partial charge in [0, 0.05) is 31.4 Å². The summed E-state index contributed by atoms with van der Waals surface area (Å²) in [6.45, 7) is 0. The zero-order chi connectivity index (χ0) is 26.3. The van der Waals surface area contributed by atoms with E-state index in [0.29, 0.717) is 33.7 Å². The summed E-state index contributed by atoms with van der Waals surface area (Å²) in [5.74, 6) is -0.440. The number of hydrogen-bond donors (Lipinski definition) is 2. The van der Waals surface area contributed by atoms with E-state index in [0.717, 1.165) is 5.69 Å². The van der Waals surface area contributed by atoms with Crippen molar-refractivity contribution in [1.29, 1.82) is 0 Å². The molecule has 1 atom stereocenters. The zero-order valence-electron chi connectivity index (χ0n) is 20.9. The Balaban J connectivity index is 1.69. The average Bonchev–Trinajstić information content (AvgIpc) is 3.45. The van der Waals surface area contributed by atoms with E-state index in [2.05, 4.69) is 9.97 Å². The van der Waals surface area contributed by atoms with Gasteiger partial charge in [-0.1, -0.05) is 12.1 Å². The Kier molecular flexibility index (Phi) is 6.04. The van der Waals surface area contributed by atoms with Crippen molar-refractivity contribution in [2.75, 3.05) is 38.1 Å². The van der Waals surface area contributed by atoms with E-state index in [1.54, 1.807) is 56.7 Å². The van der Waals surface area contributed by atoms with Gasteiger partial charge in [-0.25, -0.2) is 4.98 Å². The van der Waals surface area contributed by atoms with Gasteiger partial charge >= 0.3 is 5.91 Å². The lowest BCUT2D eigenvalue weighted by atomic mass is 9.95. The lowest BCUT2D eigenvalue weighted by molar-refractivity contribution is -0.132. The highest BCUT2D eigenvalue weighted by molar-refractivity contribution is 6.51. The van der Waals surface area contributed by atoms with Crippen molar-refractivity contribution < 1.29 is 24.2 Å². The number of nitrogens with one attached hydrogen (secondary N) is 1. The van der Waals surface area contributed by atoms with Crippen LogP contribution >= 0.6 is 0 Å². The number of benzene rings is 3. The van der Waals surface area contributed by atoms with E-state index in [1.807, 2.05) is 43.3 Å². The number of H-pyrrole nitrogens is 1. The third-order valence-electron chi connectivity index (χ3n) is 6.44. The number of imidazole rings is 1. The van der Waals surface area contributed by atoms with E-state index in [4.69, 9.17) is 9.47 Å². The SMILES string of the molecule is COc1ccc(/C(O)=C2\C(=O)C(=O)N(c3nc4ccc(OC)cc4[nH]3)C2c2ccc(N(C)C)cc2)cc1. The second kappa shape index (κ2) is 9.34. The maximum absolute atomic E-state index is 13.4. The molecule has 0 aliphatic carbocycles. The van der Waals surface area contributed by atoms with E-state index in [1.165, 1.54) is 4.90 Å². The molecule has 4 aromatic rings. The average molecular weight is 499 g/mol. The topological polar surface area (TPSA) is 108 Å². The van der Waals surface area contributed by atoms with Crippen molar-refractivity contribution in [2.45, 2.75) is 6.04 Å². The molecular formula is C28H26N4O5. The first kappa shape index (κ1) is 23.9. The van der Waals surface area contributed by atoms with Crippen LogP contribution in [0.4, 0.5) is 11.6 Å². The van der Waals surface area contributed by atoms with Gasteiger partial charge in [0.15, 0.2) is 0 Å². The van der Waals surface area contributed by atoms with Gasteiger partial charge in [0.2, 0.25) is 5.95 Å². The molecule has 0 bridgehead atoms. The van der Waals surface area contributed by atoms with Gasteiger partial charge < -0.3 is 24.5 Å². The molecule has 0 saturated carbocycles. The largest absolute Gasteiger partial charge is 0.507 e. The number of aromatic nitrogens is 2. The molecule has 9 heteroatoms. The fraction of sp³-hybridized carbons (Fsp3) is 0.179. The summed E-state index contributed by atoms with van der Waals surface area (Å²) in [5, 5.41) is 11.3. The first-order valence-corrected chi connectivity index (χ1v) is 11.6. The molecule has 0 radical (unpaired) electrons. The van der Waals surface area contributed by atoms with Crippen molar-refractivity contribution in [3.05, 3.63) is 83.4 Å². The van der Waals surface area contributed by atoms with Gasteiger partial charge in [0.05, 0.1) is 36.9 Å². The van der Waals surface area contributed by atoms with Gasteiger partial charge in [-0.2, -0.15) is 0 Å². The van der Waals surface area contributed by atoms with Crippen molar-refractivity contribution in [3.8, 4) is 11.5 Å². The molecule has 1 fully saturated rings. The standard InChI is InChI=1S/C28H26N4O5/c1-31(2)18-9-5-16(6-10-18)24-23(25(33)17-7-11-19(36-3)12-8-17)26(34)27(35)32(24)28-29-21-14-13-20(37-4)15-22(21)30-28/h5-15,24,33H,1-4H3,(H,29,30)/b25-23+. The number of anilines is 2. The van der Waals surface area contributed by atoms with Crippen LogP contribution in [0.15, 0.2) is 72.3 Å². The highest BCUT2D eigenvalue weighted by Crippen LogP contribution is 2.42. The Bertz CT molecular complexity index is 1520. The van der Waals surface area contributed by atoms with Gasteiger partial charge in [-0.15, -0.1) is 0 Å². The lowest BCUT2D eigenvalue weighted by Crippen LogP contribution is -2.30. The van der Waals surface area contributed by atoms with Gasteiger partial charge in [-0.3, -0.25) is 14.5 Å². The fourth-order valence-corrected chi connectivity index (χ4v) is 4.44. The van der Waals surface area contributed by atoms with Crippen LogP contribution in [-0.2, 0) is 9.59 Å².